The first-order chi connectivity index (χ1) is 9.86. The maximum Gasteiger partial charge on any atom is 0.401 e. The van der Waals surface area contributed by atoms with Crippen molar-refractivity contribution in [2.75, 3.05) is 45.8 Å². The molecule has 0 radical (unpaired) electrons. The molecule has 2 saturated heterocycles. The van der Waals surface area contributed by atoms with Crippen LogP contribution in [0.5, 0.6) is 0 Å². The smallest absolute Gasteiger partial charge is 0.340 e. The van der Waals surface area contributed by atoms with Gasteiger partial charge in [-0.15, -0.1) is 0 Å². The highest BCUT2D eigenvalue weighted by Crippen LogP contribution is 2.35. The number of nitrogens with zero attached hydrogens (tertiary/aromatic N) is 2. The molecule has 2 rings (SSSR count). The molecule has 0 unspecified atom stereocenters. The van der Waals surface area contributed by atoms with Crippen LogP contribution in [0.1, 0.15) is 26.2 Å². The second-order valence-electron chi connectivity index (χ2n) is 6.07. The molecule has 2 aliphatic heterocycles. The molecule has 7 heteroatoms. The van der Waals surface area contributed by atoms with Crippen LogP contribution in [-0.4, -0.2) is 67.7 Å². The maximum absolute atomic E-state index is 12.8. The fraction of sp³-hybridized carbons (Fsp3) is 0.929. The number of hydrogen-bond donors (Lipinski definition) is 1. The summed E-state index contributed by atoms with van der Waals surface area (Å²) in [7, 11) is 0. The van der Waals surface area contributed by atoms with Crippen molar-refractivity contribution < 1.29 is 18.0 Å². The van der Waals surface area contributed by atoms with Crippen LogP contribution in [0.3, 0.4) is 0 Å². The second kappa shape index (κ2) is 6.52. The Kier molecular flexibility index (Phi) is 5.14. The largest absolute Gasteiger partial charge is 0.401 e. The fourth-order valence-corrected chi connectivity index (χ4v) is 3.32. The van der Waals surface area contributed by atoms with E-state index in [0.29, 0.717) is 26.2 Å². The summed E-state index contributed by atoms with van der Waals surface area (Å²) < 4.78 is 37.1. The second-order valence-corrected chi connectivity index (χ2v) is 6.07. The van der Waals surface area contributed by atoms with Gasteiger partial charge >= 0.3 is 6.18 Å². The average Bonchev–Trinajstić information content (AvgIpc) is 2.46. The number of carbonyl (C=O) groups is 1. The third-order valence-corrected chi connectivity index (χ3v) is 4.75. The van der Waals surface area contributed by atoms with Crippen LogP contribution in [0, 0.1) is 5.41 Å². The van der Waals surface area contributed by atoms with Gasteiger partial charge in [0.05, 0.1) is 12.0 Å². The predicted octanol–water partition coefficient (Wildman–Crippen LogP) is 1.47. The number of rotatable bonds is 3. The van der Waals surface area contributed by atoms with Gasteiger partial charge in [-0.1, -0.05) is 6.92 Å². The van der Waals surface area contributed by atoms with Crippen molar-refractivity contribution in [3.8, 4) is 0 Å². The lowest BCUT2D eigenvalue weighted by Crippen LogP contribution is -2.56. The summed E-state index contributed by atoms with van der Waals surface area (Å²) in [6, 6.07) is 0. The van der Waals surface area contributed by atoms with E-state index in [-0.39, 0.29) is 11.3 Å². The Morgan fingerprint density at radius 3 is 2.19 bits per heavy atom. The van der Waals surface area contributed by atoms with E-state index in [1.165, 1.54) is 4.90 Å². The van der Waals surface area contributed by atoms with E-state index in [1.54, 1.807) is 4.90 Å². The molecule has 0 atom stereocenters. The van der Waals surface area contributed by atoms with E-state index in [2.05, 4.69) is 5.32 Å². The van der Waals surface area contributed by atoms with Crippen molar-refractivity contribution in [2.24, 2.45) is 5.41 Å². The molecule has 4 nitrogen and oxygen atoms in total. The van der Waals surface area contributed by atoms with Crippen LogP contribution in [0.4, 0.5) is 13.2 Å². The minimum Gasteiger partial charge on any atom is -0.340 e. The minimum absolute atomic E-state index is 0.137. The summed E-state index contributed by atoms with van der Waals surface area (Å²) in [4.78, 5) is 15.9. The first kappa shape index (κ1) is 16.5. The molecule has 0 aromatic rings. The van der Waals surface area contributed by atoms with Crippen LogP contribution >= 0.6 is 0 Å². The fourth-order valence-electron chi connectivity index (χ4n) is 3.32. The van der Waals surface area contributed by atoms with Gasteiger partial charge in [-0.05, 0) is 32.4 Å². The Morgan fingerprint density at radius 2 is 1.71 bits per heavy atom. The molecular weight excluding hydrogens is 283 g/mol. The lowest BCUT2D eigenvalue weighted by molar-refractivity contribution is -0.155. The molecule has 0 aromatic carbocycles. The molecule has 2 aliphatic rings. The Labute approximate surface area is 123 Å². The summed E-state index contributed by atoms with van der Waals surface area (Å²) in [5.74, 6) is 0.137. The third kappa shape index (κ3) is 4.10. The molecule has 0 aromatic heterocycles. The lowest BCUT2D eigenvalue weighted by Gasteiger charge is -2.42. The van der Waals surface area contributed by atoms with Gasteiger partial charge in [-0.2, -0.15) is 13.2 Å². The maximum atomic E-state index is 12.8. The SMILES string of the molecule is CCC1(C(=O)N2CCN(CC(F)(F)F)CC2)CCNCC1. The first-order valence-electron chi connectivity index (χ1n) is 7.65. The summed E-state index contributed by atoms with van der Waals surface area (Å²) in [5, 5.41) is 3.26. The molecule has 0 spiro atoms. The number of halogens is 3. The van der Waals surface area contributed by atoms with Crippen molar-refractivity contribution in [3.05, 3.63) is 0 Å². The normalized spacial score (nSPS) is 24.1. The van der Waals surface area contributed by atoms with Gasteiger partial charge in [-0.25, -0.2) is 0 Å². The summed E-state index contributed by atoms with van der Waals surface area (Å²) in [6.07, 6.45) is -1.71. The van der Waals surface area contributed by atoms with Gasteiger partial charge < -0.3 is 10.2 Å². The zero-order valence-corrected chi connectivity index (χ0v) is 12.5. The van der Waals surface area contributed by atoms with Crippen molar-refractivity contribution in [2.45, 2.75) is 32.4 Å². The van der Waals surface area contributed by atoms with Gasteiger partial charge in [-0.3, -0.25) is 9.69 Å². The Morgan fingerprint density at radius 1 is 1.14 bits per heavy atom. The molecule has 0 saturated carbocycles. The van der Waals surface area contributed by atoms with Gasteiger partial charge in [0.1, 0.15) is 0 Å². The third-order valence-electron chi connectivity index (χ3n) is 4.75. The topological polar surface area (TPSA) is 35.6 Å². The number of alkyl halides is 3. The van der Waals surface area contributed by atoms with E-state index in [9.17, 15) is 18.0 Å². The van der Waals surface area contributed by atoms with Crippen LogP contribution in [0.2, 0.25) is 0 Å². The highest BCUT2D eigenvalue weighted by atomic mass is 19.4. The van der Waals surface area contributed by atoms with E-state index >= 15 is 0 Å². The van der Waals surface area contributed by atoms with Crippen LogP contribution in [-0.2, 0) is 4.79 Å². The Hall–Kier alpha value is -0.820. The van der Waals surface area contributed by atoms with Crippen molar-refractivity contribution in [1.82, 2.24) is 15.1 Å². The van der Waals surface area contributed by atoms with E-state index in [1.807, 2.05) is 6.92 Å². The molecule has 1 amide bonds. The minimum atomic E-state index is -4.16. The molecule has 122 valence electrons. The van der Waals surface area contributed by atoms with E-state index < -0.39 is 12.7 Å². The van der Waals surface area contributed by atoms with E-state index in [0.717, 1.165) is 32.4 Å². The Balaban J connectivity index is 1.90. The highest BCUT2D eigenvalue weighted by Gasteiger charge is 2.41. The highest BCUT2D eigenvalue weighted by molar-refractivity contribution is 5.83. The van der Waals surface area contributed by atoms with Crippen molar-refractivity contribution >= 4 is 5.91 Å². The predicted molar refractivity (Wildman–Crippen MR) is 73.9 cm³/mol. The van der Waals surface area contributed by atoms with Crippen LogP contribution in [0.15, 0.2) is 0 Å². The number of nitrogens with one attached hydrogen (secondary N) is 1. The number of carbonyl (C=O) groups excluding carboxylic acids is 1. The summed E-state index contributed by atoms with van der Waals surface area (Å²) in [5.41, 5.74) is -0.308. The van der Waals surface area contributed by atoms with Gasteiger partial charge in [0.2, 0.25) is 5.91 Å². The molecule has 21 heavy (non-hydrogen) atoms. The quantitative estimate of drug-likeness (QED) is 0.858. The molecule has 2 fully saturated rings. The number of piperidine rings is 1. The standard InChI is InChI=1S/C14H24F3N3O/c1-2-13(3-5-18-6-4-13)12(21)20-9-7-19(8-10-20)11-14(15,16)17/h18H,2-11H2,1H3. The number of piperazine rings is 1. The first-order valence-corrected chi connectivity index (χ1v) is 7.65. The lowest BCUT2D eigenvalue weighted by atomic mass is 9.75. The van der Waals surface area contributed by atoms with E-state index in [4.69, 9.17) is 0 Å². The Bertz CT molecular complexity index is 359. The number of amides is 1. The van der Waals surface area contributed by atoms with Crippen LogP contribution in [0.25, 0.3) is 0 Å². The number of hydrogen-bond acceptors (Lipinski definition) is 3. The van der Waals surface area contributed by atoms with Crippen LogP contribution < -0.4 is 5.32 Å². The monoisotopic (exact) mass is 307 g/mol. The average molecular weight is 307 g/mol. The molecule has 1 N–H and O–H groups in total. The molecular formula is C14H24F3N3O. The van der Waals surface area contributed by atoms with Crippen molar-refractivity contribution in [3.63, 3.8) is 0 Å². The van der Waals surface area contributed by atoms with Gasteiger partial charge in [0.25, 0.3) is 0 Å². The molecule has 0 bridgehead atoms. The molecule has 2 heterocycles. The van der Waals surface area contributed by atoms with Gasteiger partial charge in [0.15, 0.2) is 0 Å². The zero-order chi connectivity index (χ0) is 15.5. The summed E-state index contributed by atoms with van der Waals surface area (Å²) >= 11 is 0. The molecule has 0 aliphatic carbocycles. The van der Waals surface area contributed by atoms with Crippen molar-refractivity contribution in [1.29, 1.82) is 0 Å². The summed E-state index contributed by atoms with van der Waals surface area (Å²) in [6.45, 7) is 4.27. The van der Waals surface area contributed by atoms with Gasteiger partial charge in [0, 0.05) is 26.2 Å². The zero-order valence-electron chi connectivity index (χ0n) is 12.5.